The van der Waals surface area contributed by atoms with E-state index in [1.807, 2.05) is 6.07 Å². The van der Waals surface area contributed by atoms with Crippen LogP contribution in [0.4, 0.5) is 4.39 Å². The summed E-state index contributed by atoms with van der Waals surface area (Å²) in [7, 11) is 1.55. The molecule has 25 heavy (non-hydrogen) atoms. The van der Waals surface area contributed by atoms with Crippen LogP contribution >= 0.6 is 11.6 Å². The van der Waals surface area contributed by atoms with E-state index in [1.165, 1.54) is 12.1 Å². The van der Waals surface area contributed by atoms with E-state index in [1.54, 1.807) is 42.6 Å². The van der Waals surface area contributed by atoms with Crippen molar-refractivity contribution in [2.75, 3.05) is 12.5 Å². The summed E-state index contributed by atoms with van der Waals surface area (Å²) in [6.45, 7) is 0.765. The Labute approximate surface area is 149 Å². The van der Waals surface area contributed by atoms with Crippen LogP contribution in [0.3, 0.4) is 0 Å². The highest BCUT2D eigenvalue weighted by Crippen LogP contribution is 2.37. The van der Waals surface area contributed by atoms with Gasteiger partial charge in [0, 0.05) is 0 Å². The Morgan fingerprint density at radius 1 is 1.12 bits per heavy atom. The predicted octanol–water partition coefficient (Wildman–Crippen LogP) is 3.40. The van der Waals surface area contributed by atoms with Gasteiger partial charge in [-0.2, -0.15) is 0 Å². The molecule has 0 saturated carbocycles. The molecule has 0 fully saturated rings. The molecule has 0 spiro atoms. The van der Waals surface area contributed by atoms with Crippen LogP contribution < -0.4 is 14.9 Å². The average Bonchev–Trinajstić information content (AvgIpc) is 3.13. The summed E-state index contributed by atoms with van der Waals surface area (Å²) in [6.07, 6.45) is 3.11. The predicted molar refractivity (Wildman–Crippen MR) is 91.8 cm³/mol. The molecule has 0 unspecified atom stereocenters. The SMILES string of the molecule is COc1cc(CNn2cnnc2)cc(Cl)c1OCc1ccc(F)cc1. The van der Waals surface area contributed by atoms with Crippen LogP contribution in [0, 0.1) is 5.82 Å². The largest absolute Gasteiger partial charge is 0.493 e. The zero-order valence-corrected chi connectivity index (χ0v) is 14.2. The first-order valence-electron chi connectivity index (χ1n) is 7.48. The maximum absolute atomic E-state index is 13.0. The zero-order chi connectivity index (χ0) is 17.6. The van der Waals surface area contributed by atoms with Gasteiger partial charge in [0.2, 0.25) is 0 Å². The molecule has 130 valence electrons. The molecule has 1 N–H and O–H groups in total. The lowest BCUT2D eigenvalue weighted by atomic mass is 10.2. The van der Waals surface area contributed by atoms with Crippen molar-refractivity contribution in [3.63, 3.8) is 0 Å². The van der Waals surface area contributed by atoms with Crippen molar-refractivity contribution in [1.29, 1.82) is 0 Å². The highest BCUT2D eigenvalue weighted by atomic mass is 35.5. The van der Waals surface area contributed by atoms with Crippen LogP contribution in [-0.2, 0) is 13.2 Å². The first kappa shape index (κ1) is 17.0. The lowest BCUT2D eigenvalue weighted by Gasteiger charge is -2.15. The maximum Gasteiger partial charge on any atom is 0.180 e. The van der Waals surface area contributed by atoms with Crippen molar-refractivity contribution >= 4 is 11.6 Å². The van der Waals surface area contributed by atoms with Gasteiger partial charge in [0.15, 0.2) is 11.5 Å². The van der Waals surface area contributed by atoms with E-state index in [0.29, 0.717) is 23.1 Å². The van der Waals surface area contributed by atoms with Gasteiger partial charge in [-0.3, -0.25) is 0 Å². The fraction of sp³-hybridized carbons (Fsp3) is 0.176. The van der Waals surface area contributed by atoms with Gasteiger partial charge in [0.1, 0.15) is 25.1 Å². The van der Waals surface area contributed by atoms with E-state index in [9.17, 15) is 4.39 Å². The van der Waals surface area contributed by atoms with Gasteiger partial charge in [-0.1, -0.05) is 23.7 Å². The summed E-state index contributed by atoms with van der Waals surface area (Å²) < 4.78 is 25.7. The Morgan fingerprint density at radius 3 is 2.52 bits per heavy atom. The number of nitrogens with zero attached hydrogens (tertiary/aromatic N) is 3. The Balaban J connectivity index is 1.71. The molecule has 0 radical (unpaired) electrons. The molecule has 0 aliphatic carbocycles. The van der Waals surface area contributed by atoms with E-state index >= 15 is 0 Å². The van der Waals surface area contributed by atoms with Crippen molar-refractivity contribution in [2.45, 2.75) is 13.2 Å². The van der Waals surface area contributed by atoms with E-state index in [-0.39, 0.29) is 12.4 Å². The van der Waals surface area contributed by atoms with E-state index in [0.717, 1.165) is 11.1 Å². The number of hydrogen-bond donors (Lipinski definition) is 1. The molecule has 6 nitrogen and oxygen atoms in total. The van der Waals surface area contributed by atoms with Crippen LogP contribution in [0.5, 0.6) is 11.5 Å². The zero-order valence-electron chi connectivity index (χ0n) is 13.4. The van der Waals surface area contributed by atoms with Gasteiger partial charge < -0.3 is 14.9 Å². The number of rotatable bonds is 7. The fourth-order valence-electron chi connectivity index (χ4n) is 2.22. The number of halogens is 2. The Kier molecular flexibility index (Phi) is 5.35. The first-order valence-corrected chi connectivity index (χ1v) is 7.85. The van der Waals surface area contributed by atoms with Crippen molar-refractivity contribution in [3.05, 3.63) is 71.0 Å². The van der Waals surface area contributed by atoms with Gasteiger partial charge in [-0.15, -0.1) is 10.2 Å². The summed E-state index contributed by atoms with van der Waals surface area (Å²) in [5.41, 5.74) is 4.84. The van der Waals surface area contributed by atoms with Crippen LogP contribution in [0.1, 0.15) is 11.1 Å². The quantitative estimate of drug-likeness (QED) is 0.698. The molecule has 2 aromatic carbocycles. The minimum Gasteiger partial charge on any atom is -0.493 e. The second-order valence-electron chi connectivity index (χ2n) is 5.23. The lowest BCUT2D eigenvalue weighted by molar-refractivity contribution is 0.284. The molecule has 1 aromatic heterocycles. The van der Waals surface area contributed by atoms with Crippen LogP contribution in [0.2, 0.25) is 5.02 Å². The number of benzene rings is 2. The second kappa shape index (κ2) is 7.85. The molecule has 0 amide bonds. The minimum atomic E-state index is -0.288. The molecule has 3 rings (SSSR count). The average molecular weight is 363 g/mol. The highest BCUT2D eigenvalue weighted by molar-refractivity contribution is 6.32. The van der Waals surface area contributed by atoms with E-state index in [2.05, 4.69) is 15.6 Å². The van der Waals surface area contributed by atoms with Crippen molar-refractivity contribution < 1.29 is 13.9 Å². The summed E-state index contributed by atoms with van der Waals surface area (Å²) in [5, 5.41) is 7.86. The normalized spacial score (nSPS) is 10.5. The van der Waals surface area contributed by atoms with Gasteiger partial charge in [0.25, 0.3) is 0 Å². The molecular weight excluding hydrogens is 347 g/mol. The molecular formula is C17H16ClFN4O2. The smallest absolute Gasteiger partial charge is 0.180 e. The molecule has 0 atom stereocenters. The minimum absolute atomic E-state index is 0.259. The third-order valence-electron chi connectivity index (χ3n) is 3.47. The summed E-state index contributed by atoms with van der Waals surface area (Å²) in [6, 6.07) is 9.72. The lowest BCUT2D eigenvalue weighted by Crippen LogP contribution is -2.12. The Hall–Kier alpha value is -2.80. The summed E-state index contributed by atoms with van der Waals surface area (Å²) in [4.78, 5) is 0. The third kappa shape index (κ3) is 4.39. The van der Waals surface area contributed by atoms with E-state index in [4.69, 9.17) is 21.1 Å². The van der Waals surface area contributed by atoms with Gasteiger partial charge in [0.05, 0.1) is 18.7 Å². The maximum atomic E-state index is 13.0. The Bertz CT molecular complexity index is 825. The first-order chi connectivity index (χ1) is 12.2. The molecule has 0 saturated heterocycles. The third-order valence-corrected chi connectivity index (χ3v) is 3.75. The highest BCUT2D eigenvalue weighted by Gasteiger charge is 2.12. The molecule has 1 heterocycles. The number of aromatic nitrogens is 3. The number of methoxy groups -OCH3 is 1. The van der Waals surface area contributed by atoms with Crippen LogP contribution in [-0.4, -0.2) is 22.0 Å². The van der Waals surface area contributed by atoms with Gasteiger partial charge in [-0.25, -0.2) is 9.07 Å². The van der Waals surface area contributed by atoms with Gasteiger partial charge in [-0.05, 0) is 35.4 Å². The van der Waals surface area contributed by atoms with Gasteiger partial charge >= 0.3 is 0 Å². The fourth-order valence-corrected chi connectivity index (χ4v) is 2.50. The van der Waals surface area contributed by atoms with Crippen molar-refractivity contribution in [2.24, 2.45) is 0 Å². The number of hydrogen-bond acceptors (Lipinski definition) is 5. The monoisotopic (exact) mass is 362 g/mol. The summed E-state index contributed by atoms with van der Waals surface area (Å²) >= 11 is 6.34. The van der Waals surface area contributed by atoms with Crippen molar-refractivity contribution in [3.8, 4) is 11.5 Å². The van der Waals surface area contributed by atoms with E-state index < -0.39 is 0 Å². The van der Waals surface area contributed by atoms with Crippen LogP contribution in [0.15, 0.2) is 49.1 Å². The molecule has 0 aliphatic rings. The molecule has 0 aliphatic heterocycles. The molecule has 3 aromatic rings. The van der Waals surface area contributed by atoms with Crippen LogP contribution in [0.25, 0.3) is 0 Å². The second-order valence-corrected chi connectivity index (χ2v) is 5.64. The molecule has 0 bridgehead atoms. The standard InChI is InChI=1S/C17H16ClFN4O2/c1-24-16-7-13(8-22-23-10-20-21-11-23)6-15(18)17(16)25-9-12-2-4-14(19)5-3-12/h2-7,10-11,22H,8-9H2,1H3. The number of nitrogens with one attached hydrogen (secondary N) is 1. The topological polar surface area (TPSA) is 61.2 Å². The van der Waals surface area contributed by atoms with Crippen molar-refractivity contribution in [1.82, 2.24) is 14.9 Å². The molecule has 8 heteroatoms. The number of ether oxygens (including phenoxy) is 2. The summed E-state index contributed by atoms with van der Waals surface area (Å²) in [5.74, 6) is 0.681. The Morgan fingerprint density at radius 2 is 1.84 bits per heavy atom.